The first-order chi connectivity index (χ1) is 13.2. The van der Waals surface area contributed by atoms with Crippen molar-refractivity contribution in [2.24, 2.45) is 0 Å². The number of esters is 1. The van der Waals surface area contributed by atoms with Crippen LogP contribution in [0.25, 0.3) is 11.8 Å². The lowest BCUT2D eigenvalue weighted by atomic mass is 10.2. The van der Waals surface area contributed by atoms with Crippen molar-refractivity contribution < 1.29 is 19.1 Å². The number of rotatable bonds is 4. The highest BCUT2D eigenvalue weighted by Gasteiger charge is 2.36. The number of hydrogen-bond acceptors (Lipinski definition) is 5. The number of halogens is 2. The first-order valence-corrected chi connectivity index (χ1v) is 9.76. The van der Waals surface area contributed by atoms with Gasteiger partial charge in [-0.05, 0) is 61.5 Å². The van der Waals surface area contributed by atoms with Crippen molar-refractivity contribution in [3.05, 3.63) is 56.2 Å². The quantitative estimate of drug-likeness (QED) is 0.514. The fraction of sp³-hybridized carbons (Fsp3) is 0.211. The summed E-state index contributed by atoms with van der Waals surface area (Å²) in [5, 5.41) is 0.407. The largest absolute Gasteiger partial charge is 0.468 e. The molecule has 1 aromatic carbocycles. The molecule has 0 spiro atoms. The third-order valence-corrected chi connectivity index (χ3v) is 5.95. The first kappa shape index (κ1) is 20.5. The van der Waals surface area contributed by atoms with E-state index >= 15 is 0 Å². The molecule has 1 aromatic heterocycles. The highest BCUT2D eigenvalue weighted by atomic mass is 35.5. The van der Waals surface area contributed by atoms with E-state index in [0.717, 1.165) is 39.3 Å². The molecule has 0 N–H and O–H groups in total. The standard InChI is InChI=1S/C19H16Cl2N2O4S/c1-10-6-12(11(2)23(10)13-4-5-14(20)15(21)8-13)7-16-18(25)22(19(26)28-16)9-17(24)27-3/h4-8H,9H2,1-3H3/b16-7-. The number of nitrogens with zero attached hydrogens (tertiary/aromatic N) is 2. The molecule has 9 heteroatoms. The minimum atomic E-state index is -0.652. The first-order valence-electron chi connectivity index (χ1n) is 8.19. The van der Waals surface area contributed by atoms with Gasteiger partial charge in [0, 0.05) is 17.1 Å². The number of carbonyl (C=O) groups excluding carboxylic acids is 3. The zero-order valence-corrected chi connectivity index (χ0v) is 17.6. The van der Waals surface area contributed by atoms with E-state index in [4.69, 9.17) is 23.2 Å². The second kappa shape index (κ2) is 8.03. The SMILES string of the molecule is COC(=O)CN1C(=O)S/C(=C\c2cc(C)n(-c3ccc(Cl)c(Cl)c3)c2C)C1=O. The summed E-state index contributed by atoms with van der Waals surface area (Å²) < 4.78 is 6.51. The summed E-state index contributed by atoms with van der Waals surface area (Å²) in [7, 11) is 1.20. The second-order valence-corrected chi connectivity index (χ2v) is 7.91. The summed E-state index contributed by atoms with van der Waals surface area (Å²) in [4.78, 5) is 37.1. The van der Waals surface area contributed by atoms with Crippen LogP contribution in [0.1, 0.15) is 17.0 Å². The van der Waals surface area contributed by atoms with E-state index in [1.165, 1.54) is 7.11 Å². The molecule has 0 unspecified atom stereocenters. The zero-order chi connectivity index (χ0) is 20.6. The second-order valence-electron chi connectivity index (χ2n) is 6.10. The molecule has 0 saturated carbocycles. The Labute approximate surface area is 176 Å². The van der Waals surface area contributed by atoms with Crippen LogP contribution in [0, 0.1) is 13.8 Å². The monoisotopic (exact) mass is 438 g/mol. The molecule has 2 heterocycles. The number of ether oxygens (including phenoxy) is 1. The molecule has 3 rings (SSSR count). The maximum atomic E-state index is 12.5. The lowest BCUT2D eigenvalue weighted by Gasteiger charge is -2.11. The van der Waals surface area contributed by atoms with Crippen molar-refractivity contribution in [3.8, 4) is 5.69 Å². The highest BCUT2D eigenvalue weighted by Crippen LogP contribution is 2.34. The summed E-state index contributed by atoms with van der Waals surface area (Å²) >= 11 is 12.9. The van der Waals surface area contributed by atoms with E-state index in [0.29, 0.717) is 10.0 Å². The van der Waals surface area contributed by atoms with Gasteiger partial charge in [0.05, 0.1) is 22.1 Å². The van der Waals surface area contributed by atoms with Gasteiger partial charge in [-0.2, -0.15) is 0 Å². The number of methoxy groups -OCH3 is 1. The molecule has 2 amide bonds. The molecule has 0 aliphatic carbocycles. The van der Waals surface area contributed by atoms with Crippen LogP contribution in [0.15, 0.2) is 29.2 Å². The van der Waals surface area contributed by atoms with Crippen LogP contribution in [0.2, 0.25) is 10.0 Å². The number of aryl methyl sites for hydroxylation is 1. The summed E-state index contributed by atoms with van der Waals surface area (Å²) in [5.41, 5.74) is 3.42. The predicted molar refractivity (Wildman–Crippen MR) is 110 cm³/mol. The van der Waals surface area contributed by atoms with Crippen LogP contribution in [0.4, 0.5) is 4.79 Å². The van der Waals surface area contributed by atoms with Crippen LogP contribution in [0.3, 0.4) is 0 Å². The highest BCUT2D eigenvalue weighted by molar-refractivity contribution is 8.18. The molecular weight excluding hydrogens is 423 g/mol. The normalized spacial score (nSPS) is 15.6. The van der Waals surface area contributed by atoms with E-state index in [9.17, 15) is 14.4 Å². The minimum Gasteiger partial charge on any atom is -0.468 e. The van der Waals surface area contributed by atoms with Gasteiger partial charge < -0.3 is 9.30 Å². The number of hydrogen-bond donors (Lipinski definition) is 0. The van der Waals surface area contributed by atoms with Crippen LogP contribution >= 0.6 is 35.0 Å². The Morgan fingerprint density at radius 2 is 1.89 bits per heavy atom. The van der Waals surface area contributed by atoms with Crippen LogP contribution < -0.4 is 0 Å². The molecule has 0 bridgehead atoms. The van der Waals surface area contributed by atoms with Gasteiger partial charge in [-0.25, -0.2) is 0 Å². The van der Waals surface area contributed by atoms with Crippen molar-refractivity contribution in [3.63, 3.8) is 0 Å². The molecule has 1 fully saturated rings. The number of aromatic nitrogens is 1. The summed E-state index contributed by atoms with van der Waals surface area (Å²) in [6.07, 6.45) is 1.65. The lowest BCUT2D eigenvalue weighted by Crippen LogP contribution is -2.34. The molecule has 0 radical (unpaired) electrons. The number of carbonyl (C=O) groups is 3. The van der Waals surface area contributed by atoms with Gasteiger partial charge in [0.2, 0.25) is 0 Å². The molecule has 28 heavy (non-hydrogen) atoms. The van der Waals surface area contributed by atoms with E-state index in [1.807, 2.05) is 30.5 Å². The summed E-state index contributed by atoms with van der Waals surface area (Å²) in [6, 6.07) is 7.24. The molecular formula is C19H16Cl2N2O4S. The molecule has 1 aliphatic rings. The summed E-state index contributed by atoms with van der Waals surface area (Å²) in [5.74, 6) is -1.17. The van der Waals surface area contributed by atoms with Gasteiger partial charge in [0.15, 0.2) is 0 Å². The van der Waals surface area contributed by atoms with E-state index in [-0.39, 0.29) is 4.91 Å². The Bertz CT molecular complexity index is 1030. The number of benzene rings is 1. The molecule has 146 valence electrons. The maximum Gasteiger partial charge on any atom is 0.325 e. The van der Waals surface area contributed by atoms with Gasteiger partial charge in [0.25, 0.3) is 11.1 Å². The average Bonchev–Trinajstić information content (AvgIpc) is 3.07. The van der Waals surface area contributed by atoms with Crippen molar-refractivity contribution in [2.45, 2.75) is 13.8 Å². The Morgan fingerprint density at radius 1 is 1.18 bits per heavy atom. The third kappa shape index (κ3) is 3.83. The van der Waals surface area contributed by atoms with Gasteiger partial charge in [-0.15, -0.1) is 0 Å². The van der Waals surface area contributed by atoms with Crippen LogP contribution in [-0.4, -0.2) is 40.2 Å². The van der Waals surface area contributed by atoms with Gasteiger partial charge in [-0.1, -0.05) is 23.2 Å². The van der Waals surface area contributed by atoms with Gasteiger partial charge >= 0.3 is 5.97 Å². The molecule has 0 atom stereocenters. The third-order valence-electron chi connectivity index (χ3n) is 4.31. The zero-order valence-electron chi connectivity index (χ0n) is 15.3. The van der Waals surface area contributed by atoms with Gasteiger partial charge in [0.1, 0.15) is 6.54 Å². The van der Waals surface area contributed by atoms with Crippen molar-refractivity contribution in [1.82, 2.24) is 9.47 Å². The summed E-state index contributed by atoms with van der Waals surface area (Å²) in [6.45, 7) is 3.43. The van der Waals surface area contributed by atoms with Crippen molar-refractivity contribution in [2.75, 3.05) is 13.7 Å². The lowest BCUT2D eigenvalue weighted by molar-refractivity contribution is -0.143. The predicted octanol–water partition coefficient (Wildman–Crippen LogP) is 4.61. The molecule has 1 aliphatic heterocycles. The maximum absolute atomic E-state index is 12.5. The fourth-order valence-electron chi connectivity index (χ4n) is 2.93. The smallest absolute Gasteiger partial charge is 0.325 e. The average molecular weight is 439 g/mol. The van der Waals surface area contributed by atoms with Crippen LogP contribution in [-0.2, 0) is 14.3 Å². The molecule has 2 aromatic rings. The van der Waals surface area contributed by atoms with E-state index in [2.05, 4.69) is 4.74 Å². The van der Waals surface area contributed by atoms with Crippen molar-refractivity contribution in [1.29, 1.82) is 0 Å². The Balaban J connectivity index is 1.95. The Morgan fingerprint density at radius 3 is 2.54 bits per heavy atom. The Kier molecular flexibility index (Phi) is 5.88. The van der Waals surface area contributed by atoms with Gasteiger partial charge in [-0.3, -0.25) is 19.3 Å². The fourth-order valence-corrected chi connectivity index (χ4v) is 4.05. The number of amides is 2. The topological polar surface area (TPSA) is 68.6 Å². The minimum absolute atomic E-state index is 0.253. The van der Waals surface area contributed by atoms with Crippen LogP contribution in [0.5, 0.6) is 0 Å². The number of imide groups is 1. The molecule has 1 saturated heterocycles. The van der Waals surface area contributed by atoms with E-state index in [1.54, 1.807) is 18.2 Å². The number of thioether (sulfide) groups is 1. The van der Waals surface area contributed by atoms with Crippen molar-refractivity contribution >= 4 is 58.2 Å². The molecule has 6 nitrogen and oxygen atoms in total. The Hall–Kier alpha value is -2.22. The van der Waals surface area contributed by atoms with E-state index < -0.39 is 23.7 Å².